The molecular formula is C16H15ClF2O2. The van der Waals surface area contributed by atoms with Gasteiger partial charge in [0.2, 0.25) is 0 Å². The van der Waals surface area contributed by atoms with Crippen LogP contribution >= 0.6 is 11.6 Å². The van der Waals surface area contributed by atoms with E-state index in [1.165, 1.54) is 32.4 Å². The zero-order valence-electron chi connectivity index (χ0n) is 11.9. The minimum atomic E-state index is -0.953. The lowest BCUT2D eigenvalue weighted by atomic mass is 9.98. The number of aryl methyl sites for hydroxylation is 1. The molecule has 0 heterocycles. The van der Waals surface area contributed by atoms with Crippen molar-refractivity contribution in [2.75, 3.05) is 14.2 Å². The fourth-order valence-electron chi connectivity index (χ4n) is 2.18. The summed E-state index contributed by atoms with van der Waals surface area (Å²) in [7, 11) is 3.01. The summed E-state index contributed by atoms with van der Waals surface area (Å²) in [6.45, 7) is 1.80. The van der Waals surface area contributed by atoms with Gasteiger partial charge in [0.25, 0.3) is 0 Å². The van der Waals surface area contributed by atoms with Crippen molar-refractivity contribution >= 4 is 11.6 Å². The Hall–Kier alpha value is -1.81. The van der Waals surface area contributed by atoms with Crippen LogP contribution in [0.5, 0.6) is 11.5 Å². The van der Waals surface area contributed by atoms with Crippen LogP contribution in [0.15, 0.2) is 30.3 Å². The molecule has 0 fully saturated rings. The third-order valence-corrected chi connectivity index (χ3v) is 3.75. The fraction of sp³-hybridized carbons (Fsp3) is 0.250. The molecule has 0 bridgehead atoms. The molecule has 2 aromatic carbocycles. The van der Waals surface area contributed by atoms with Gasteiger partial charge >= 0.3 is 0 Å². The van der Waals surface area contributed by atoms with Crippen LogP contribution in [0.4, 0.5) is 8.78 Å². The molecule has 21 heavy (non-hydrogen) atoms. The van der Waals surface area contributed by atoms with Crippen LogP contribution in [0.2, 0.25) is 0 Å². The van der Waals surface area contributed by atoms with Crippen molar-refractivity contribution in [3.63, 3.8) is 0 Å². The first-order valence-corrected chi connectivity index (χ1v) is 6.73. The van der Waals surface area contributed by atoms with Crippen molar-refractivity contribution in [3.8, 4) is 11.5 Å². The van der Waals surface area contributed by atoms with Gasteiger partial charge in [0.1, 0.15) is 11.6 Å². The molecule has 1 unspecified atom stereocenters. The van der Waals surface area contributed by atoms with E-state index >= 15 is 0 Å². The maximum Gasteiger partial charge on any atom is 0.161 e. The lowest BCUT2D eigenvalue weighted by Gasteiger charge is -2.17. The Labute approximate surface area is 127 Å². The summed E-state index contributed by atoms with van der Waals surface area (Å²) in [5.41, 5.74) is 1.16. The van der Waals surface area contributed by atoms with Crippen molar-refractivity contribution in [1.29, 1.82) is 0 Å². The van der Waals surface area contributed by atoms with Crippen molar-refractivity contribution in [2.24, 2.45) is 0 Å². The number of benzene rings is 2. The molecule has 0 spiro atoms. The molecule has 2 rings (SSSR count). The van der Waals surface area contributed by atoms with Gasteiger partial charge in [0.15, 0.2) is 11.5 Å². The predicted octanol–water partition coefficient (Wildman–Crippen LogP) is 4.62. The summed E-state index contributed by atoms with van der Waals surface area (Å²) in [4.78, 5) is 0. The summed E-state index contributed by atoms with van der Waals surface area (Å²) in [6.07, 6.45) is 0. The second kappa shape index (κ2) is 6.31. The summed E-state index contributed by atoms with van der Waals surface area (Å²) in [5, 5.41) is -0.953. The Morgan fingerprint density at radius 2 is 1.52 bits per heavy atom. The molecule has 0 saturated carbocycles. The summed E-state index contributed by atoms with van der Waals surface area (Å²) in [6, 6.07) is 7.03. The predicted molar refractivity (Wildman–Crippen MR) is 78.3 cm³/mol. The molecule has 2 aromatic rings. The van der Waals surface area contributed by atoms with E-state index in [1.54, 1.807) is 19.1 Å². The van der Waals surface area contributed by atoms with Gasteiger partial charge in [0, 0.05) is 5.56 Å². The van der Waals surface area contributed by atoms with Crippen LogP contribution in [-0.4, -0.2) is 14.2 Å². The first-order chi connectivity index (χ1) is 9.99. The molecular weight excluding hydrogens is 298 g/mol. The molecule has 5 heteroatoms. The molecule has 0 amide bonds. The number of hydrogen-bond donors (Lipinski definition) is 0. The fourth-order valence-corrected chi connectivity index (χ4v) is 2.62. The molecule has 0 aliphatic heterocycles. The van der Waals surface area contributed by atoms with E-state index in [2.05, 4.69) is 0 Å². The third kappa shape index (κ3) is 2.95. The Morgan fingerprint density at radius 1 is 1.00 bits per heavy atom. The van der Waals surface area contributed by atoms with Gasteiger partial charge in [-0.15, -0.1) is 11.6 Å². The van der Waals surface area contributed by atoms with Gasteiger partial charge in [-0.3, -0.25) is 0 Å². The van der Waals surface area contributed by atoms with Gasteiger partial charge in [-0.1, -0.05) is 6.07 Å². The minimum Gasteiger partial charge on any atom is -0.493 e. The lowest BCUT2D eigenvalue weighted by Crippen LogP contribution is -2.04. The van der Waals surface area contributed by atoms with Crippen molar-refractivity contribution in [2.45, 2.75) is 12.3 Å². The highest BCUT2D eigenvalue weighted by Crippen LogP contribution is 2.39. The molecule has 2 nitrogen and oxygen atoms in total. The van der Waals surface area contributed by atoms with Crippen LogP contribution in [-0.2, 0) is 0 Å². The van der Waals surface area contributed by atoms with Crippen LogP contribution in [0.1, 0.15) is 22.1 Å². The Kier molecular flexibility index (Phi) is 4.68. The number of alkyl halides is 1. The topological polar surface area (TPSA) is 18.5 Å². The monoisotopic (exact) mass is 312 g/mol. The molecule has 0 aliphatic carbocycles. The molecule has 0 aliphatic rings. The lowest BCUT2D eigenvalue weighted by molar-refractivity contribution is 0.354. The van der Waals surface area contributed by atoms with E-state index in [1.807, 2.05) is 0 Å². The third-order valence-electron chi connectivity index (χ3n) is 3.30. The van der Waals surface area contributed by atoms with Crippen molar-refractivity contribution < 1.29 is 18.3 Å². The molecule has 0 saturated heterocycles. The highest BCUT2D eigenvalue weighted by atomic mass is 35.5. The van der Waals surface area contributed by atoms with Crippen molar-refractivity contribution in [3.05, 3.63) is 58.7 Å². The second-order valence-electron chi connectivity index (χ2n) is 4.56. The van der Waals surface area contributed by atoms with E-state index in [4.69, 9.17) is 21.1 Å². The number of hydrogen-bond acceptors (Lipinski definition) is 2. The molecule has 0 aromatic heterocycles. The van der Waals surface area contributed by atoms with E-state index in [9.17, 15) is 8.78 Å². The van der Waals surface area contributed by atoms with Crippen LogP contribution < -0.4 is 9.47 Å². The zero-order valence-corrected chi connectivity index (χ0v) is 12.7. The normalized spacial score (nSPS) is 12.1. The highest BCUT2D eigenvalue weighted by molar-refractivity contribution is 6.22. The van der Waals surface area contributed by atoms with Gasteiger partial charge in [-0.2, -0.15) is 0 Å². The summed E-state index contributed by atoms with van der Waals surface area (Å²) < 4.78 is 38.1. The number of ether oxygens (including phenoxy) is 2. The van der Waals surface area contributed by atoms with E-state index in [0.717, 1.165) is 5.56 Å². The van der Waals surface area contributed by atoms with E-state index in [-0.39, 0.29) is 5.56 Å². The number of halogens is 3. The molecule has 112 valence electrons. The van der Waals surface area contributed by atoms with Gasteiger partial charge in [0.05, 0.1) is 19.6 Å². The number of rotatable bonds is 4. The van der Waals surface area contributed by atoms with E-state index < -0.39 is 17.0 Å². The largest absolute Gasteiger partial charge is 0.493 e. The van der Waals surface area contributed by atoms with Gasteiger partial charge in [-0.05, 0) is 42.3 Å². The Balaban J connectivity index is 2.56. The second-order valence-corrected chi connectivity index (χ2v) is 5.00. The van der Waals surface area contributed by atoms with Crippen LogP contribution in [0, 0.1) is 18.6 Å². The molecule has 1 atom stereocenters. The maximum atomic E-state index is 13.9. The zero-order chi connectivity index (χ0) is 15.6. The highest BCUT2D eigenvalue weighted by Gasteiger charge is 2.23. The van der Waals surface area contributed by atoms with Crippen LogP contribution in [0.3, 0.4) is 0 Å². The van der Waals surface area contributed by atoms with Gasteiger partial charge in [-0.25, -0.2) is 8.78 Å². The SMILES string of the molecule is COc1cc(C)c(C(Cl)c2c(F)cccc2F)cc1OC. The summed E-state index contributed by atoms with van der Waals surface area (Å²) >= 11 is 6.30. The minimum absolute atomic E-state index is 0.172. The van der Waals surface area contributed by atoms with E-state index in [0.29, 0.717) is 17.1 Å². The Bertz CT molecular complexity index is 639. The average Bonchev–Trinajstić information content (AvgIpc) is 2.46. The maximum absolute atomic E-state index is 13.9. The average molecular weight is 313 g/mol. The van der Waals surface area contributed by atoms with Gasteiger partial charge < -0.3 is 9.47 Å². The quantitative estimate of drug-likeness (QED) is 0.767. The first kappa shape index (κ1) is 15.6. The van der Waals surface area contributed by atoms with Crippen molar-refractivity contribution in [1.82, 2.24) is 0 Å². The smallest absolute Gasteiger partial charge is 0.161 e. The summed E-state index contributed by atoms with van der Waals surface area (Å²) in [5.74, 6) is -0.356. The van der Waals surface area contributed by atoms with Crippen LogP contribution in [0.25, 0.3) is 0 Å². The first-order valence-electron chi connectivity index (χ1n) is 6.30. The Morgan fingerprint density at radius 3 is 2.05 bits per heavy atom. The standard InChI is InChI=1S/C16H15ClF2O2/c1-9-7-13(20-2)14(21-3)8-10(9)16(17)15-11(18)5-4-6-12(15)19/h4-8,16H,1-3H3. The molecule has 0 N–H and O–H groups in total. The molecule has 0 radical (unpaired) electrons. The number of methoxy groups -OCH3 is 2.